The van der Waals surface area contributed by atoms with E-state index in [9.17, 15) is 13.2 Å². The first-order valence-corrected chi connectivity index (χ1v) is 21.0. The second-order valence-electron chi connectivity index (χ2n) is 13.8. The average molecular weight is 837 g/mol. The van der Waals surface area contributed by atoms with Crippen molar-refractivity contribution in [3.63, 3.8) is 0 Å². The topological polar surface area (TPSA) is 121 Å². The van der Waals surface area contributed by atoms with Crippen LogP contribution in [-0.4, -0.2) is 132 Å². The summed E-state index contributed by atoms with van der Waals surface area (Å²) in [5.74, 6) is 0.421. The Bertz CT molecular complexity index is 1990. The molecule has 2 aliphatic heterocycles. The number of halogens is 3. The minimum Gasteiger partial charge on any atom is -0.493 e. The van der Waals surface area contributed by atoms with Gasteiger partial charge in [-0.2, -0.15) is 0 Å². The molecule has 0 radical (unpaired) electrons. The molecule has 3 aromatic rings. The third kappa shape index (κ3) is 8.93. The number of aliphatic imine (C=N–C) groups is 1. The van der Waals surface area contributed by atoms with E-state index in [0.29, 0.717) is 62.5 Å². The summed E-state index contributed by atoms with van der Waals surface area (Å²) < 4.78 is 42.6. The zero-order chi connectivity index (χ0) is 40.1. The van der Waals surface area contributed by atoms with E-state index in [1.54, 1.807) is 60.1 Å². The van der Waals surface area contributed by atoms with Crippen LogP contribution in [0.4, 0.5) is 4.79 Å². The Balaban J connectivity index is 1.61. The van der Waals surface area contributed by atoms with E-state index in [1.165, 1.54) is 12.1 Å². The standard InChI is InChI=1S/C39H48Cl3N5O7S/c1-7-54-33-25-32(42)34(55(6,50)51)24-31(33)36-43-38(2,27-8-12-29(40)13-9-27)39(3,28-10-14-30(41)15-11-28)47(36)37(49)46-18-16-44(17-19-46)26-35(48)45(20-22-52-4)21-23-53-5/h8-15,24-25H,7,16-23,26H2,1-6H3/t38-,39+/m0/s1. The van der Waals surface area contributed by atoms with E-state index in [-0.39, 0.29) is 52.2 Å². The Kier molecular flexibility index (Phi) is 13.8. The van der Waals surface area contributed by atoms with Gasteiger partial charge in [0.1, 0.15) is 22.7 Å². The largest absolute Gasteiger partial charge is 0.493 e. The lowest BCUT2D eigenvalue weighted by Gasteiger charge is -2.47. The minimum absolute atomic E-state index is 0.0132. The Labute approximate surface area is 338 Å². The second kappa shape index (κ2) is 17.8. The summed E-state index contributed by atoms with van der Waals surface area (Å²) in [7, 11) is -0.628. The molecular weight excluding hydrogens is 789 g/mol. The Morgan fingerprint density at radius 2 is 1.40 bits per heavy atom. The summed E-state index contributed by atoms with van der Waals surface area (Å²) in [5, 5.41) is 1.03. The maximum atomic E-state index is 15.3. The van der Waals surface area contributed by atoms with Gasteiger partial charge in [0.15, 0.2) is 9.84 Å². The van der Waals surface area contributed by atoms with Crippen LogP contribution in [0.2, 0.25) is 15.1 Å². The first kappa shape index (κ1) is 42.7. The van der Waals surface area contributed by atoms with Crippen molar-refractivity contribution in [1.82, 2.24) is 19.6 Å². The van der Waals surface area contributed by atoms with Gasteiger partial charge in [0.05, 0.1) is 41.8 Å². The number of methoxy groups -OCH3 is 2. The molecule has 1 fully saturated rings. The molecule has 16 heteroatoms. The van der Waals surface area contributed by atoms with Crippen LogP contribution in [0.5, 0.6) is 5.75 Å². The van der Waals surface area contributed by atoms with Crippen molar-refractivity contribution >= 4 is 62.4 Å². The maximum Gasteiger partial charge on any atom is 0.326 e. The van der Waals surface area contributed by atoms with E-state index in [4.69, 9.17) is 54.0 Å². The van der Waals surface area contributed by atoms with Crippen molar-refractivity contribution in [2.45, 2.75) is 36.7 Å². The number of urea groups is 1. The Hall–Kier alpha value is -3.43. The number of amidine groups is 1. The lowest BCUT2D eigenvalue weighted by Crippen LogP contribution is -2.61. The van der Waals surface area contributed by atoms with Crippen molar-refractivity contribution in [1.29, 1.82) is 0 Å². The second-order valence-corrected chi connectivity index (χ2v) is 17.1. The van der Waals surface area contributed by atoms with Gasteiger partial charge in [-0.25, -0.2) is 13.2 Å². The lowest BCUT2D eigenvalue weighted by molar-refractivity contribution is -0.134. The fourth-order valence-electron chi connectivity index (χ4n) is 7.13. The summed E-state index contributed by atoms with van der Waals surface area (Å²) in [6, 6.07) is 17.1. The van der Waals surface area contributed by atoms with Crippen molar-refractivity contribution in [3.05, 3.63) is 92.4 Å². The van der Waals surface area contributed by atoms with Crippen LogP contribution in [0.3, 0.4) is 0 Å². The molecule has 0 saturated carbocycles. The summed E-state index contributed by atoms with van der Waals surface area (Å²) in [4.78, 5) is 41.0. The fourth-order valence-corrected chi connectivity index (χ4v) is 8.70. The number of piperazine rings is 1. The number of carbonyl (C=O) groups excluding carboxylic acids is 2. The Morgan fingerprint density at radius 1 is 0.855 bits per heavy atom. The lowest BCUT2D eigenvalue weighted by atomic mass is 9.71. The summed E-state index contributed by atoms with van der Waals surface area (Å²) >= 11 is 19.3. The van der Waals surface area contributed by atoms with Gasteiger partial charge in [0.2, 0.25) is 5.91 Å². The molecule has 1 saturated heterocycles. The molecule has 2 atom stereocenters. The smallest absolute Gasteiger partial charge is 0.326 e. The molecule has 0 spiro atoms. The predicted molar refractivity (Wildman–Crippen MR) is 215 cm³/mol. The van der Waals surface area contributed by atoms with Gasteiger partial charge in [-0.05, 0) is 62.2 Å². The van der Waals surface area contributed by atoms with Crippen LogP contribution in [0.15, 0.2) is 70.6 Å². The average Bonchev–Trinajstić information content (AvgIpc) is 3.39. The van der Waals surface area contributed by atoms with Crippen LogP contribution in [-0.2, 0) is 35.2 Å². The highest BCUT2D eigenvalue weighted by molar-refractivity contribution is 7.90. The third-order valence-corrected chi connectivity index (χ3v) is 12.5. The van der Waals surface area contributed by atoms with Crippen molar-refractivity contribution in [2.75, 3.05) is 86.1 Å². The van der Waals surface area contributed by atoms with Crippen LogP contribution in [0.1, 0.15) is 37.5 Å². The quantitative estimate of drug-likeness (QED) is 0.188. The molecule has 5 rings (SSSR count). The van der Waals surface area contributed by atoms with E-state index < -0.39 is 20.9 Å². The van der Waals surface area contributed by atoms with Crippen LogP contribution in [0.25, 0.3) is 0 Å². The zero-order valence-electron chi connectivity index (χ0n) is 32.0. The normalized spacial score (nSPS) is 20.4. The molecule has 55 heavy (non-hydrogen) atoms. The van der Waals surface area contributed by atoms with Gasteiger partial charge in [-0.1, -0.05) is 59.1 Å². The zero-order valence-corrected chi connectivity index (χ0v) is 35.1. The number of rotatable bonds is 14. The number of hydrogen-bond acceptors (Lipinski definition) is 9. The number of amides is 3. The predicted octanol–water partition coefficient (Wildman–Crippen LogP) is 6.20. The number of benzene rings is 3. The van der Waals surface area contributed by atoms with Gasteiger partial charge in [0.25, 0.3) is 0 Å². The molecule has 3 aromatic carbocycles. The van der Waals surface area contributed by atoms with E-state index >= 15 is 4.79 Å². The molecule has 3 amide bonds. The minimum atomic E-state index is -3.82. The van der Waals surface area contributed by atoms with Crippen molar-refractivity contribution in [3.8, 4) is 5.75 Å². The molecule has 2 heterocycles. The summed E-state index contributed by atoms with van der Waals surface area (Å²) in [6.45, 7) is 9.30. The number of carbonyl (C=O) groups is 2. The molecule has 0 aromatic heterocycles. The molecule has 0 unspecified atom stereocenters. The highest BCUT2D eigenvalue weighted by Crippen LogP contribution is 2.54. The molecule has 0 bridgehead atoms. The first-order valence-electron chi connectivity index (χ1n) is 17.9. The number of sulfone groups is 1. The van der Waals surface area contributed by atoms with E-state index in [2.05, 4.69) is 0 Å². The van der Waals surface area contributed by atoms with E-state index in [1.807, 2.05) is 43.0 Å². The first-order chi connectivity index (χ1) is 26.1. The highest BCUT2D eigenvalue weighted by atomic mass is 35.5. The summed E-state index contributed by atoms with van der Waals surface area (Å²) in [5.41, 5.74) is -0.607. The molecular formula is C39H48Cl3N5O7S. The van der Waals surface area contributed by atoms with Crippen molar-refractivity contribution in [2.24, 2.45) is 4.99 Å². The maximum absolute atomic E-state index is 15.3. The monoisotopic (exact) mass is 835 g/mol. The van der Waals surface area contributed by atoms with Crippen LogP contribution >= 0.6 is 34.8 Å². The van der Waals surface area contributed by atoms with Gasteiger partial charge in [-0.3, -0.25) is 19.6 Å². The highest BCUT2D eigenvalue weighted by Gasteiger charge is 2.60. The van der Waals surface area contributed by atoms with E-state index in [0.717, 1.165) is 17.4 Å². The van der Waals surface area contributed by atoms with Gasteiger partial charge >= 0.3 is 6.03 Å². The molecule has 2 aliphatic rings. The SMILES string of the molecule is CCOc1cc(Cl)c(S(C)(=O)=O)cc1C1=N[C@@](C)(c2ccc(Cl)cc2)[C@@](C)(c2ccc(Cl)cc2)N1C(=O)N1CCN(CC(=O)N(CCOC)CCOC)CC1. The number of nitrogens with zero attached hydrogens (tertiary/aromatic N) is 5. The van der Waals surface area contributed by atoms with Crippen molar-refractivity contribution < 1.29 is 32.2 Å². The third-order valence-electron chi connectivity index (χ3n) is 10.4. The van der Waals surface area contributed by atoms with Gasteiger partial charge in [0, 0.05) is 75.9 Å². The molecule has 0 aliphatic carbocycles. The van der Waals surface area contributed by atoms with Crippen LogP contribution in [0, 0.1) is 0 Å². The van der Waals surface area contributed by atoms with Crippen LogP contribution < -0.4 is 4.74 Å². The Morgan fingerprint density at radius 3 is 1.91 bits per heavy atom. The number of ether oxygens (including phenoxy) is 3. The van der Waals surface area contributed by atoms with Gasteiger partial charge < -0.3 is 24.0 Å². The number of hydrogen-bond donors (Lipinski definition) is 0. The summed E-state index contributed by atoms with van der Waals surface area (Å²) in [6.07, 6.45) is 1.08. The fraction of sp³-hybridized carbons (Fsp3) is 0.462. The molecule has 12 nitrogen and oxygen atoms in total. The molecule has 0 N–H and O–H groups in total. The molecule has 298 valence electrons. The van der Waals surface area contributed by atoms with Gasteiger partial charge in [-0.15, -0.1) is 0 Å².